The average molecular weight is 306 g/mol. The fourth-order valence-corrected chi connectivity index (χ4v) is 2.54. The molecule has 0 aromatic heterocycles. The second-order valence-electron chi connectivity index (χ2n) is 7.83. The summed E-state index contributed by atoms with van der Waals surface area (Å²) in [4.78, 5) is 14.0. The third kappa shape index (κ3) is 5.68. The van der Waals surface area contributed by atoms with Crippen LogP contribution in [-0.4, -0.2) is 35.2 Å². The standard InChI is InChI=1S/C18H30N2O2/c1-13-9-8-10-14(11-13)15(17(2,3)4)19-16(21)20(7)12-18(5,6)22/h8-11,15,22H,12H2,1-7H3,(H,19,21). The Hall–Kier alpha value is -1.55. The first-order chi connectivity index (χ1) is 9.90. The Labute approximate surface area is 134 Å². The van der Waals surface area contributed by atoms with Crippen molar-refractivity contribution in [1.29, 1.82) is 0 Å². The van der Waals surface area contributed by atoms with Gasteiger partial charge < -0.3 is 15.3 Å². The highest BCUT2D eigenvalue weighted by Gasteiger charge is 2.29. The Bertz CT molecular complexity index is 513. The lowest BCUT2D eigenvalue weighted by molar-refractivity contribution is 0.0520. The van der Waals surface area contributed by atoms with E-state index in [9.17, 15) is 9.90 Å². The maximum atomic E-state index is 12.4. The lowest BCUT2D eigenvalue weighted by Gasteiger charge is -2.34. The van der Waals surface area contributed by atoms with Crippen LogP contribution >= 0.6 is 0 Å². The molecule has 4 nitrogen and oxygen atoms in total. The van der Waals surface area contributed by atoms with Crippen molar-refractivity contribution in [1.82, 2.24) is 10.2 Å². The Morgan fingerprint density at radius 1 is 1.27 bits per heavy atom. The number of benzene rings is 1. The molecule has 1 unspecified atom stereocenters. The number of amides is 2. The molecule has 0 saturated heterocycles. The van der Waals surface area contributed by atoms with E-state index in [2.05, 4.69) is 32.2 Å². The van der Waals surface area contributed by atoms with E-state index in [0.29, 0.717) is 0 Å². The molecule has 1 rings (SSSR count). The summed E-state index contributed by atoms with van der Waals surface area (Å²) >= 11 is 0. The van der Waals surface area contributed by atoms with E-state index < -0.39 is 5.60 Å². The normalized spacial score (nSPS) is 13.6. The molecular formula is C18H30N2O2. The molecule has 0 spiro atoms. The van der Waals surface area contributed by atoms with Crippen LogP contribution in [-0.2, 0) is 0 Å². The summed E-state index contributed by atoms with van der Waals surface area (Å²) in [6, 6.07) is 7.93. The summed E-state index contributed by atoms with van der Waals surface area (Å²) < 4.78 is 0. The SMILES string of the molecule is Cc1cccc(C(NC(=O)N(C)CC(C)(C)O)C(C)(C)C)c1. The molecule has 1 atom stereocenters. The number of carbonyl (C=O) groups is 1. The van der Waals surface area contributed by atoms with Gasteiger partial charge in [0, 0.05) is 7.05 Å². The number of nitrogens with zero attached hydrogens (tertiary/aromatic N) is 1. The molecule has 4 heteroatoms. The minimum Gasteiger partial charge on any atom is -0.389 e. The van der Waals surface area contributed by atoms with E-state index in [-0.39, 0.29) is 24.0 Å². The molecule has 0 heterocycles. The molecule has 1 aromatic rings. The van der Waals surface area contributed by atoms with Gasteiger partial charge in [0.25, 0.3) is 0 Å². The van der Waals surface area contributed by atoms with Gasteiger partial charge in [0.15, 0.2) is 0 Å². The van der Waals surface area contributed by atoms with Crippen molar-refractivity contribution in [2.75, 3.05) is 13.6 Å². The van der Waals surface area contributed by atoms with Crippen LogP contribution in [0.4, 0.5) is 4.79 Å². The van der Waals surface area contributed by atoms with Crippen LogP contribution in [0.5, 0.6) is 0 Å². The minimum atomic E-state index is -0.910. The molecule has 0 aliphatic rings. The third-order valence-corrected chi connectivity index (χ3v) is 3.48. The van der Waals surface area contributed by atoms with E-state index in [1.54, 1.807) is 20.9 Å². The zero-order valence-electron chi connectivity index (χ0n) is 14.9. The molecule has 0 fully saturated rings. The Kier molecular flexibility index (Phi) is 5.63. The van der Waals surface area contributed by atoms with Crippen LogP contribution in [0.15, 0.2) is 24.3 Å². The average Bonchev–Trinajstić information content (AvgIpc) is 2.31. The molecule has 0 aliphatic heterocycles. The van der Waals surface area contributed by atoms with Gasteiger partial charge in [-0.1, -0.05) is 50.6 Å². The van der Waals surface area contributed by atoms with Gasteiger partial charge in [-0.3, -0.25) is 0 Å². The largest absolute Gasteiger partial charge is 0.389 e. The lowest BCUT2D eigenvalue weighted by atomic mass is 9.82. The number of hydrogen-bond donors (Lipinski definition) is 2. The van der Waals surface area contributed by atoms with E-state index in [1.807, 2.05) is 25.1 Å². The van der Waals surface area contributed by atoms with Crippen LogP contribution < -0.4 is 5.32 Å². The van der Waals surface area contributed by atoms with Crippen molar-refractivity contribution < 1.29 is 9.90 Å². The van der Waals surface area contributed by atoms with E-state index in [1.165, 1.54) is 10.5 Å². The molecule has 22 heavy (non-hydrogen) atoms. The van der Waals surface area contributed by atoms with Crippen molar-refractivity contribution in [3.8, 4) is 0 Å². The molecular weight excluding hydrogens is 276 g/mol. The van der Waals surface area contributed by atoms with Gasteiger partial charge in [0.2, 0.25) is 0 Å². The first kappa shape index (κ1) is 18.5. The summed E-state index contributed by atoms with van der Waals surface area (Å²) in [5.74, 6) is 0. The Morgan fingerprint density at radius 2 is 1.86 bits per heavy atom. The smallest absolute Gasteiger partial charge is 0.317 e. The molecule has 0 bridgehead atoms. The monoisotopic (exact) mass is 306 g/mol. The summed E-state index contributed by atoms with van der Waals surface area (Å²) in [5.41, 5.74) is 1.24. The van der Waals surface area contributed by atoms with Crippen LogP contribution in [0, 0.1) is 12.3 Å². The topological polar surface area (TPSA) is 52.6 Å². The van der Waals surface area contributed by atoms with Crippen LogP contribution in [0.25, 0.3) is 0 Å². The zero-order valence-corrected chi connectivity index (χ0v) is 14.9. The van der Waals surface area contributed by atoms with Gasteiger partial charge >= 0.3 is 6.03 Å². The maximum Gasteiger partial charge on any atom is 0.317 e. The van der Waals surface area contributed by atoms with Gasteiger partial charge in [-0.15, -0.1) is 0 Å². The maximum absolute atomic E-state index is 12.4. The Morgan fingerprint density at radius 3 is 2.32 bits per heavy atom. The first-order valence-electron chi connectivity index (χ1n) is 7.71. The number of likely N-dealkylation sites (N-methyl/N-ethyl adjacent to an activating group) is 1. The number of carbonyl (C=O) groups excluding carboxylic acids is 1. The number of aryl methyl sites for hydroxylation is 1. The van der Waals surface area contributed by atoms with E-state index in [0.717, 1.165) is 5.56 Å². The summed E-state index contributed by atoms with van der Waals surface area (Å²) in [7, 11) is 1.70. The second kappa shape index (κ2) is 6.69. The second-order valence-corrected chi connectivity index (χ2v) is 7.83. The van der Waals surface area contributed by atoms with Crippen molar-refractivity contribution in [3.05, 3.63) is 35.4 Å². The van der Waals surface area contributed by atoms with Gasteiger partial charge in [-0.05, 0) is 31.7 Å². The van der Waals surface area contributed by atoms with Gasteiger partial charge in [0.05, 0.1) is 18.2 Å². The quantitative estimate of drug-likeness (QED) is 0.894. The molecule has 1 aromatic carbocycles. The van der Waals surface area contributed by atoms with Crippen molar-refractivity contribution >= 4 is 6.03 Å². The first-order valence-corrected chi connectivity index (χ1v) is 7.71. The molecule has 124 valence electrons. The summed E-state index contributed by atoms with van der Waals surface area (Å²) in [6.07, 6.45) is 0. The minimum absolute atomic E-state index is 0.0934. The molecule has 0 aliphatic carbocycles. The van der Waals surface area contributed by atoms with Crippen molar-refractivity contribution in [2.24, 2.45) is 5.41 Å². The van der Waals surface area contributed by atoms with Crippen molar-refractivity contribution in [2.45, 2.75) is 53.2 Å². The van der Waals surface area contributed by atoms with Gasteiger partial charge in [-0.25, -0.2) is 4.79 Å². The highest BCUT2D eigenvalue weighted by Crippen LogP contribution is 2.33. The van der Waals surface area contributed by atoms with E-state index >= 15 is 0 Å². The molecule has 0 saturated carbocycles. The van der Waals surface area contributed by atoms with E-state index in [4.69, 9.17) is 0 Å². The molecule has 2 N–H and O–H groups in total. The van der Waals surface area contributed by atoms with Gasteiger partial charge in [-0.2, -0.15) is 0 Å². The molecule has 2 amide bonds. The van der Waals surface area contributed by atoms with Crippen LogP contribution in [0.3, 0.4) is 0 Å². The Balaban J connectivity index is 2.94. The number of hydrogen-bond acceptors (Lipinski definition) is 2. The summed E-state index contributed by atoms with van der Waals surface area (Å²) in [5, 5.41) is 13.0. The number of urea groups is 1. The fraction of sp³-hybridized carbons (Fsp3) is 0.611. The zero-order chi connectivity index (χ0) is 17.1. The van der Waals surface area contributed by atoms with Crippen LogP contribution in [0.1, 0.15) is 51.8 Å². The van der Waals surface area contributed by atoms with Crippen molar-refractivity contribution in [3.63, 3.8) is 0 Å². The van der Waals surface area contributed by atoms with Gasteiger partial charge in [0.1, 0.15) is 0 Å². The van der Waals surface area contributed by atoms with Crippen LogP contribution in [0.2, 0.25) is 0 Å². The molecule has 0 radical (unpaired) electrons. The predicted octanol–water partition coefficient (Wildman–Crippen LogP) is 3.49. The fourth-order valence-electron chi connectivity index (χ4n) is 2.54. The third-order valence-electron chi connectivity index (χ3n) is 3.48. The predicted molar refractivity (Wildman–Crippen MR) is 90.8 cm³/mol. The highest BCUT2D eigenvalue weighted by molar-refractivity contribution is 5.74. The number of rotatable bonds is 4. The summed E-state index contributed by atoms with van der Waals surface area (Å²) in [6.45, 7) is 12.0. The number of nitrogens with one attached hydrogen (secondary N) is 1. The number of aliphatic hydroxyl groups is 1. The lowest BCUT2D eigenvalue weighted by Crippen LogP contribution is -2.47. The highest BCUT2D eigenvalue weighted by atomic mass is 16.3.